The monoisotopic (exact) mass is 419 g/mol. The number of fused-ring (bicyclic) bond motifs is 1. The highest BCUT2D eigenvalue weighted by Gasteiger charge is 2.35. The molecule has 1 aliphatic heterocycles. The Hall–Kier alpha value is -2.33. The summed E-state index contributed by atoms with van der Waals surface area (Å²) < 4.78 is 2.37. The SMILES string of the molecule is CCC(=O)N(c1nn(CN2c3ccc([N+](=O)[O-])cc3CC2C)c(=S)s1)C1CC1. The van der Waals surface area contributed by atoms with Gasteiger partial charge in [-0.15, -0.1) is 5.10 Å². The summed E-state index contributed by atoms with van der Waals surface area (Å²) in [6, 6.07) is 5.40. The number of nitrogens with zero attached hydrogens (tertiary/aromatic N) is 5. The molecule has 4 rings (SSSR count). The summed E-state index contributed by atoms with van der Waals surface area (Å²) in [5.74, 6) is 0.0746. The zero-order valence-corrected chi connectivity index (χ0v) is 17.3. The quantitative estimate of drug-likeness (QED) is 0.401. The second-order valence-corrected chi connectivity index (χ2v) is 8.83. The van der Waals surface area contributed by atoms with E-state index in [1.54, 1.807) is 21.7 Å². The van der Waals surface area contributed by atoms with Crippen molar-refractivity contribution < 1.29 is 9.72 Å². The lowest BCUT2D eigenvalue weighted by Gasteiger charge is -2.24. The van der Waals surface area contributed by atoms with E-state index in [-0.39, 0.29) is 28.6 Å². The van der Waals surface area contributed by atoms with Crippen LogP contribution in [0.1, 0.15) is 38.7 Å². The van der Waals surface area contributed by atoms with Gasteiger partial charge in [0.15, 0.2) is 3.95 Å². The van der Waals surface area contributed by atoms with Gasteiger partial charge < -0.3 is 4.90 Å². The number of nitro groups is 1. The molecular formula is C18H21N5O3S2. The summed E-state index contributed by atoms with van der Waals surface area (Å²) in [7, 11) is 0. The molecule has 2 heterocycles. The third-order valence-corrected chi connectivity index (χ3v) is 6.51. The lowest BCUT2D eigenvalue weighted by atomic mass is 10.1. The van der Waals surface area contributed by atoms with Gasteiger partial charge in [-0.3, -0.25) is 19.8 Å². The Morgan fingerprint density at radius 3 is 2.86 bits per heavy atom. The van der Waals surface area contributed by atoms with E-state index in [9.17, 15) is 14.9 Å². The van der Waals surface area contributed by atoms with Crippen LogP contribution in [-0.2, 0) is 17.9 Å². The molecule has 10 heteroatoms. The second kappa shape index (κ2) is 7.25. The van der Waals surface area contributed by atoms with Gasteiger partial charge in [-0.25, -0.2) is 4.68 Å². The van der Waals surface area contributed by atoms with E-state index >= 15 is 0 Å². The lowest BCUT2D eigenvalue weighted by molar-refractivity contribution is -0.384. The number of carbonyl (C=O) groups excluding carboxylic acids is 1. The zero-order chi connectivity index (χ0) is 20.0. The number of aromatic nitrogens is 2. The Kier molecular flexibility index (Phi) is 4.92. The number of rotatable bonds is 6. The first kappa shape index (κ1) is 19.0. The van der Waals surface area contributed by atoms with Crippen LogP contribution in [0.2, 0.25) is 0 Å². The van der Waals surface area contributed by atoms with Crippen molar-refractivity contribution in [2.24, 2.45) is 0 Å². The molecule has 1 atom stereocenters. The van der Waals surface area contributed by atoms with E-state index in [2.05, 4.69) is 16.9 Å². The average molecular weight is 420 g/mol. The predicted octanol–water partition coefficient (Wildman–Crippen LogP) is 3.90. The number of hydrogen-bond acceptors (Lipinski definition) is 7. The lowest BCUT2D eigenvalue weighted by Crippen LogP contribution is -2.34. The molecule has 1 aromatic carbocycles. The summed E-state index contributed by atoms with van der Waals surface area (Å²) in [5.41, 5.74) is 2.04. The van der Waals surface area contributed by atoms with Crippen LogP contribution in [0.5, 0.6) is 0 Å². The van der Waals surface area contributed by atoms with E-state index in [1.807, 2.05) is 6.92 Å². The molecule has 1 amide bonds. The van der Waals surface area contributed by atoms with Crippen LogP contribution >= 0.6 is 23.6 Å². The van der Waals surface area contributed by atoms with E-state index in [4.69, 9.17) is 12.2 Å². The van der Waals surface area contributed by atoms with Crippen molar-refractivity contribution in [2.75, 3.05) is 9.80 Å². The van der Waals surface area contributed by atoms with Crippen molar-refractivity contribution >= 4 is 46.0 Å². The smallest absolute Gasteiger partial charge is 0.269 e. The van der Waals surface area contributed by atoms with Crippen LogP contribution < -0.4 is 9.80 Å². The van der Waals surface area contributed by atoms with E-state index in [0.717, 1.165) is 30.5 Å². The van der Waals surface area contributed by atoms with Crippen LogP contribution in [0.25, 0.3) is 0 Å². The first-order chi connectivity index (χ1) is 13.4. The molecule has 1 fully saturated rings. The van der Waals surface area contributed by atoms with E-state index in [0.29, 0.717) is 22.2 Å². The fourth-order valence-corrected chi connectivity index (χ4v) is 4.78. The molecule has 2 aliphatic rings. The minimum absolute atomic E-state index is 0.0746. The molecule has 1 saturated carbocycles. The van der Waals surface area contributed by atoms with Gasteiger partial charge in [0.2, 0.25) is 11.0 Å². The Morgan fingerprint density at radius 2 is 2.21 bits per heavy atom. The third kappa shape index (κ3) is 3.42. The zero-order valence-electron chi connectivity index (χ0n) is 15.7. The van der Waals surface area contributed by atoms with Crippen molar-refractivity contribution in [2.45, 2.75) is 58.3 Å². The van der Waals surface area contributed by atoms with Gasteiger partial charge in [0, 0.05) is 36.3 Å². The van der Waals surface area contributed by atoms with Gasteiger partial charge in [0.1, 0.15) is 6.67 Å². The fourth-order valence-electron chi connectivity index (χ4n) is 3.61. The number of amides is 1. The predicted molar refractivity (Wildman–Crippen MR) is 110 cm³/mol. The third-order valence-electron chi connectivity index (χ3n) is 5.20. The first-order valence-electron chi connectivity index (χ1n) is 9.33. The number of nitro benzene ring substituents is 1. The maximum atomic E-state index is 12.3. The summed E-state index contributed by atoms with van der Waals surface area (Å²) in [6.07, 6.45) is 3.20. The van der Waals surface area contributed by atoms with E-state index < -0.39 is 0 Å². The molecule has 0 radical (unpaired) electrons. The Morgan fingerprint density at radius 1 is 1.46 bits per heavy atom. The number of non-ortho nitro benzene ring substituents is 1. The average Bonchev–Trinajstić information content (AvgIpc) is 3.35. The van der Waals surface area contributed by atoms with Crippen LogP contribution in [0, 0.1) is 14.1 Å². The van der Waals surface area contributed by atoms with Gasteiger partial charge in [-0.05, 0) is 50.0 Å². The first-order valence-corrected chi connectivity index (χ1v) is 10.6. The molecule has 148 valence electrons. The van der Waals surface area contributed by atoms with Gasteiger partial charge in [0.25, 0.3) is 5.69 Å². The van der Waals surface area contributed by atoms with Crippen molar-refractivity contribution in [1.82, 2.24) is 9.78 Å². The normalized spacial score (nSPS) is 18.2. The van der Waals surface area contributed by atoms with Gasteiger partial charge in [-0.2, -0.15) is 0 Å². The van der Waals surface area contributed by atoms with Crippen LogP contribution in [0.4, 0.5) is 16.5 Å². The molecule has 0 spiro atoms. The molecule has 1 aliphatic carbocycles. The van der Waals surface area contributed by atoms with Crippen molar-refractivity contribution in [3.05, 3.63) is 37.8 Å². The topological polar surface area (TPSA) is 84.5 Å². The molecule has 28 heavy (non-hydrogen) atoms. The van der Waals surface area contributed by atoms with Gasteiger partial charge in [-0.1, -0.05) is 18.3 Å². The number of carbonyl (C=O) groups is 1. The summed E-state index contributed by atoms with van der Waals surface area (Å²) in [6.45, 7) is 4.40. The summed E-state index contributed by atoms with van der Waals surface area (Å²) in [5, 5.41) is 16.3. The minimum atomic E-state index is -0.367. The highest BCUT2D eigenvalue weighted by molar-refractivity contribution is 7.73. The summed E-state index contributed by atoms with van der Waals surface area (Å²) in [4.78, 5) is 27.0. The van der Waals surface area contributed by atoms with E-state index in [1.165, 1.54) is 17.4 Å². The highest BCUT2D eigenvalue weighted by Crippen LogP contribution is 2.36. The largest absolute Gasteiger partial charge is 0.349 e. The van der Waals surface area contributed by atoms with Crippen molar-refractivity contribution in [1.29, 1.82) is 0 Å². The van der Waals surface area contributed by atoms with Crippen molar-refractivity contribution in [3.8, 4) is 0 Å². The molecule has 2 aromatic rings. The molecular weight excluding hydrogens is 398 g/mol. The minimum Gasteiger partial charge on any atom is -0.349 e. The van der Waals surface area contributed by atoms with Crippen LogP contribution in [0.15, 0.2) is 18.2 Å². The van der Waals surface area contributed by atoms with Crippen LogP contribution in [-0.4, -0.2) is 32.7 Å². The maximum Gasteiger partial charge on any atom is 0.269 e. The Balaban J connectivity index is 1.60. The summed E-state index contributed by atoms with van der Waals surface area (Å²) >= 11 is 6.88. The second-order valence-electron chi connectivity index (χ2n) is 7.23. The number of anilines is 2. The molecule has 0 bridgehead atoms. The number of hydrogen-bond donors (Lipinski definition) is 0. The molecule has 0 saturated heterocycles. The Bertz CT molecular complexity index is 997. The molecule has 1 unspecified atom stereocenters. The standard InChI is InChI=1S/C18H21N5O3S2/c1-3-16(24)22(13-4-5-13)17-19-21(18(27)28-17)10-20-11(2)8-12-9-14(23(25)26)6-7-15(12)20/h6-7,9,11,13H,3-5,8,10H2,1-2H3. The molecule has 0 N–H and O–H groups in total. The van der Waals surface area contributed by atoms with Gasteiger partial charge in [0.05, 0.1) is 4.92 Å². The van der Waals surface area contributed by atoms with Gasteiger partial charge >= 0.3 is 0 Å². The van der Waals surface area contributed by atoms with Crippen molar-refractivity contribution in [3.63, 3.8) is 0 Å². The highest BCUT2D eigenvalue weighted by atomic mass is 32.1. The van der Waals surface area contributed by atoms with Crippen LogP contribution in [0.3, 0.4) is 0 Å². The maximum absolute atomic E-state index is 12.3. The number of benzene rings is 1. The Labute approximate surface area is 171 Å². The fraction of sp³-hybridized carbons (Fsp3) is 0.500. The molecule has 8 nitrogen and oxygen atoms in total. The molecule has 1 aromatic heterocycles.